The Kier molecular flexibility index (Phi) is 8.13. The largest absolute Gasteiger partial charge is 0.449 e. The van der Waals surface area contributed by atoms with Gasteiger partial charge in [0.05, 0.1) is 21.9 Å². The zero-order chi connectivity index (χ0) is 25.4. The molecule has 188 valence electrons. The molecule has 0 bridgehead atoms. The Labute approximate surface area is 213 Å². The topological polar surface area (TPSA) is 136 Å². The van der Waals surface area contributed by atoms with Gasteiger partial charge in [-0.2, -0.15) is 10.1 Å². The van der Waals surface area contributed by atoms with Gasteiger partial charge < -0.3 is 15.4 Å². The van der Waals surface area contributed by atoms with Crippen LogP contribution in [0.1, 0.15) is 13.3 Å². The second-order valence-electron chi connectivity index (χ2n) is 7.52. The summed E-state index contributed by atoms with van der Waals surface area (Å²) in [4.78, 5) is 26.2. The van der Waals surface area contributed by atoms with E-state index in [1.165, 1.54) is 6.33 Å². The number of aromatic nitrogens is 5. The highest BCUT2D eigenvalue weighted by Crippen LogP contribution is 2.31. The molecule has 3 heterocycles. The Bertz CT molecular complexity index is 1370. The maximum Gasteiger partial charge on any atom is 0.418 e. The third kappa shape index (κ3) is 6.58. The minimum absolute atomic E-state index is 0.175. The van der Waals surface area contributed by atoms with E-state index < -0.39 is 15.8 Å². The molecule has 1 amide bonds. The van der Waals surface area contributed by atoms with Crippen molar-refractivity contribution >= 4 is 50.5 Å². The van der Waals surface area contributed by atoms with Crippen LogP contribution in [0.5, 0.6) is 0 Å². The zero-order valence-electron chi connectivity index (χ0n) is 19.6. The number of nitrogens with zero attached hydrogens (tertiary/aromatic N) is 5. The molecule has 3 N–H and O–H groups in total. The van der Waals surface area contributed by atoms with E-state index in [0.29, 0.717) is 28.9 Å². The van der Waals surface area contributed by atoms with Gasteiger partial charge in [0.1, 0.15) is 18.5 Å². The summed E-state index contributed by atoms with van der Waals surface area (Å²) in [5, 5.41) is 12.7. The fourth-order valence-electron chi connectivity index (χ4n) is 3.23. The third-order valence-electron chi connectivity index (χ3n) is 4.91. The number of carbonyl (C=O) groups is 1. The number of carbonyl (C=O) groups excluding carboxylic acids is 1. The van der Waals surface area contributed by atoms with Crippen molar-refractivity contribution in [3.05, 3.63) is 60.6 Å². The maximum absolute atomic E-state index is 12.8. The van der Waals surface area contributed by atoms with Crippen molar-refractivity contribution in [2.24, 2.45) is 0 Å². The van der Waals surface area contributed by atoms with Crippen LogP contribution < -0.4 is 15.4 Å². The molecule has 4 aromatic rings. The predicted octanol–water partition coefficient (Wildman–Crippen LogP) is 3.78. The molecule has 36 heavy (non-hydrogen) atoms. The van der Waals surface area contributed by atoms with Gasteiger partial charge in [0.2, 0.25) is 5.95 Å². The first-order chi connectivity index (χ1) is 17.4. The number of aryl methyl sites for hydroxylation is 1. The van der Waals surface area contributed by atoms with Crippen molar-refractivity contribution in [2.75, 3.05) is 23.8 Å². The first kappa shape index (κ1) is 25.1. The second-order valence-corrected chi connectivity index (χ2v) is 10.5. The number of amides is 1. The van der Waals surface area contributed by atoms with Gasteiger partial charge in [-0.15, -0.1) is 11.3 Å². The van der Waals surface area contributed by atoms with Crippen LogP contribution >= 0.6 is 11.3 Å². The van der Waals surface area contributed by atoms with Crippen LogP contribution in [0.15, 0.2) is 65.5 Å². The lowest BCUT2D eigenvalue weighted by molar-refractivity contribution is 0.159. The Balaban J connectivity index is 1.46. The number of ether oxygens (including phenoxy) is 1. The monoisotopic (exact) mass is 526 g/mol. The van der Waals surface area contributed by atoms with E-state index in [1.54, 1.807) is 59.7 Å². The number of rotatable bonds is 11. The summed E-state index contributed by atoms with van der Waals surface area (Å²) >= 11 is 1.61. The molecule has 13 heteroatoms. The van der Waals surface area contributed by atoms with E-state index in [-0.39, 0.29) is 6.61 Å². The SMILES string of the molecule is C=S(=O)(NC(=O)OCC)c1ccc(Nc2ncc(-c3cccs3)c(NCCCn3cncn3)n2)cc1. The van der Waals surface area contributed by atoms with E-state index in [4.69, 9.17) is 4.74 Å². The van der Waals surface area contributed by atoms with Crippen molar-refractivity contribution in [3.63, 3.8) is 0 Å². The highest BCUT2D eigenvalue weighted by atomic mass is 32.2. The van der Waals surface area contributed by atoms with Crippen molar-refractivity contribution in [2.45, 2.75) is 24.8 Å². The summed E-state index contributed by atoms with van der Waals surface area (Å²) in [7, 11) is -3.04. The van der Waals surface area contributed by atoms with E-state index in [2.05, 4.69) is 41.3 Å². The predicted molar refractivity (Wildman–Crippen MR) is 142 cm³/mol. The van der Waals surface area contributed by atoms with Crippen LogP contribution in [-0.2, 0) is 21.0 Å². The van der Waals surface area contributed by atoms with Gasteiger partial charge in [-0.1, -0.05) is 6.07 Å². The zero-order valence-corrected chi connectivity index (χ0v) is 21.2. The average Bonchev–Trinajstić information content (AvgIpc) is 3.57. The maximum atomic E-state index is 12.8. The van der Waals surface area contributed by atoms with Crippen molar-refractivity contribution in [1.29, 1.82) is 0 Å². The summed E-state index contributed by atoms with van der Waals surface area (Å²) in [5.74, 6) is 4.75. The summed E-state index contributed by atoms with van der Waals surface area (Å²) in [6.45, 7) is 3.27. The van der Waals surface area contributed by atoms with Crippen molar-refractivity contribution < 1.29 is 13.7 Å². The fraction of sp³-hybridized carbons (Fsp3) is 0.217. The molecule has 11 nitrogen and oxygen atoms in total. The number of anilines is 3. The summed E-state index contributed by atoms with van der Waals surface area (Å²) < 4.78 is 21.6. The van der Waals surface area contributed by atoms with E-state index in [9.17, 15) is 9.00 Å². The lowest BCUT2D eigenvalue weighted by atomic mass is 10.2. The van der Waals surface area contributed by atoms with Gasteiger partial charge in [-0.25, -0.2) is 23.7 Å². The lowest BCUT2D eigenvalue weighted by Crippen LogP contribution is -2.30. The molecule has 0 saturated carbocycles. The number of hydrogen-bond donors (Lipinski definition) is 3. The molecule has 1 atom stereocenters. The van der Waals surface area contributed by atoms with Gasteiger partial charge in [0.25, 0.3) is 0 Å². The molecular weight excluding hydrogens is 500 g/mol. The normalized spacial score (nSPS) is 12.5. The Morgan fingerprint density at radius 1 is 1.25 bits per heavy atom. The summed E-state index contributed by atoms with van der Waals surface area (Å²) in [6.07, 6.45) is 5.05. The molecular formula is C23H26N8O3S2. The van der Waals surface area contributed by atoms with Crippen LogP contribution in [0.4, 0.5) is 22.2 Å². The standard InChI is InChI=1S/C23H26N8O3S2/c1-3-34-23(32)30-36(2,33)18-9-7-17(8-10-18)28-22-26-14-19(20-6-4-13-35-20)21(29-22)25-11-5-12-31-16-24-15-27-31/h4,6-10,13-16H,2-3,5,11-12H2,1H3,(H,30,32,33)(H2,25,26,28,29). The molecule has 0 spiro atoms. The first-order valence-corrected chi connectivity index (χ1v) is 13.7. The van der Waals surface area contributed by atoms with Gasteiger partial charge in [0, 0.05) is 34.7 Å². The van der Waals surface area contributed by atoms with Crippen molar-refractivity contribution in [1.82, 2.24) is 29.5 Å². The second kappa shape index (κ2) is 11.6. The minimum Gasteiger partial charge on any atom is -0.449 e. The van der Waals surface area contributed by atoms with Gasteiger partial charge in [-0.3, -0.25) is 4.68 Å². The molecule has 0 fully saturated rings. The van der Waals surface area contributed by atoms with E-state index in [1.807, 2.05) is 17.5 Å². The van der Waals surface area contributed by atoms with Crippen molar-refractivity contribution in [3.8, 4) is 10.4 Å². The lowest BCUT2D eigenvalue weighted by Gasteiger charge is -2.14. The fourth-order valence-corrected chi connectivity index (χ4v) is 4.99. The van der Waals surface area contributed by atoms with Crippen LogP contribution in [0, 0.1) is 0 Å². The third-order valence-corrected chi connectivity index (χ3v) is 7.35. The number of hydrogen-bond acceptors (Lipinski definition) is 10. The van der Waals surface area contributed by atoms with Gasteiger partial charge in [0.15, 0.2) is 0 Å². The number of benzene rings is 1. The number of thiophene rings is 1. The number of nitrogens with one attached hydrogen (secondary N) is 3. The van der Waals surface area contributed by atoms with Gasteiger partial charge in [-0.05, 0) is 54.9 Å². The quantitative estimate of drug-likeness (QED) is 0.197. The molecule has 0 saturated heterocycles. The van der Waals surface area contributed by atoms with E-state index in [0.717, 1.165) is 23.4 Å². The van der Waals surface area contributed by atoms with Crippen LogP contribution in [-0.4, -0.2) is 54.1 Å². The summed E-state index contributed by atoms with van der Waals surface area (Å²) in [6, 6.07) is 10.7. The first-order valence-electron chi connectivity index (χ1n) is 11.1. The molecule has 0 aliphatic heterocycles. The molecule has 0 aliphatic rings. The Morgan fingerprint density at radius 2 is 2.08 bits per heavy atom. The van der Waals surface area contributed by atoms with E-state index >= 15 is 0 Å². The molecule has 0 radical (unpaired) electrons. The highest BCUT2D eigenvalue weighted by molar-refractivity contribution is 7.99. The van der Waals surface area contributed by atoms with Gasteiger partial charge >= 0.3 is 6.09 Å². The van der Waals surface area contributed by atoms with Crippen LogP contribution in [0.25, 0.3) is 10.4 Å². The van der Waals surface area contributed by atoms with Crippen LogP contribution in [0.3, 0.4) is 0 Å². The Hall–Kier alpha value is -3.97. The smallest absolute Gasteiger partial charge is 0.418 e. The minimum atomic E-state index is -3.04. The molecule has 1 aromatic carbocycles. The average molecular weight is 527 g/mol. The molecule has 3 aromatic heterocycles. The Morgan fingerprint density at radius 3 is 2.78 bits per heavy atom. The van der Waals surface area contributed by atoms with Crippen LogP contribution in [0.2, 0.25) is 0 Å². The molecule has 1 unspecified atom stereocenters. The summed E-state index contributed by atoms with van der Waals surface area (Å²) in [5.41, 5.74) is 1.60. The molecule has 4 rings (SSSR count). The highest BCUT2D eigenvalue weighted by Gasteiger charge is 2.14. The molecule has 0 aliphatic carbocycles.